The molecule has 1 aliphatic rings. The van der Waals surface area contributed by atoms with Crippen LogP contribution in [0.1, 0.15) is 69.7 Å². The summed E-state index contributed by atoms with van der Waals surface area (Å²) in [4.78, 5) is 3.25. The number of aryl methyl sites for hydroxylation is 1. The molecule has 0 spiro atoms. The average molecular weight is 264 g/mol. The van der Waals surface area contributed by atoms with Crippen LogP contribution >= 0.6 is 11.3 Å². The van der Waals surface area contributed by atoms with Crippen LogP contribution in [-0.2, 0) is 18.3 Å². The van der Waals surface area contributed by atoms with Gasteiger partial charge in [0.1, 0.15) is 0 Å². The van der Waals surface area contributed by atoms with Crippen molar-refractivity contribution in [2.75, 3.05) is 0 Å². The fraction of sp³-hybridized carbons (Fsp3) is 0.765. The molecule has 0 fully saturated rings. The van der Waals surface area contributed by atoms with Crippen LogP contribution < -0.4 is 0 Å². The van der Waals surface area contributed by atoms with Gasteiger partial charge in [0, 0.05) is 9.75 Å². The van der Waals surface area contributed by atoms with Crippen molar-refractivity contribution in [3.05, 3.63) is 21.4 Å². The van der Waals surface area contributed by atoms with E-state index in [-0.39, 0.29) is 0 Å². The second-order valence-electron chi connectivity index (χ2n) is 7.97. The molecule has 102 valence electrons. The third-order valence-electron chi connectivity index (χ3n) is 4.29. The summed E-state index contributed by atoms with van der Waals surface area (Å²) in [7, 11) is 0. The lowest BCUT2D eigenvalue weighted by atomic mass is 9.77. The number of fused-ring (bicyclic) bond motifs is 1. The summed E-state index contributed by atoms with van der Waals surface area (Å²) < 4.78 is 0. The Bertz CT molecular complexity index is 412. The van der Waals surface area contributed by atoms with Crippen molar-refractivity contribution in [3.8, 4) is 0 Å². The van der Waals surface area contributed by atoms with Gasteiger partial charge in [0.05, 0.1) is 0 Å². The number of hydrogen-bond donors (Lipinski definition) is 0. The van der Waals surface area contributed by atoms with Crippen molar-refractivity contribution in [3.63, 3.8) is 0 Å². The maximum absolute atomic E-state index is 2.49. The Morgan fingerprint density at radius 1 is 1.11 bits per heavy atom. The molecular formula is C17H28S. The SMILES string of the molecule is CC(C)(C)c1cc2c(s1)CC(C(C)(C)C)CCC2. The molecule has 0 aliphatic heterocycles. The maximum Gasteiger partial charge on any atom is 0.0105 e. The van der Waals surface area contributed by atoms with Gasteiger partial charge in [-0.1, -0.05) is 41.5 Å². The molecule has 1 aliphatic carbocycles. The Balaban J connectivity index is 2.28. The van der Waals surface area contributed by atoms with Crippen molar-refractivity contribution in [1.82, 2.24) is 0 Å². The van der Waals surface area contributed by atoms with Gasteiger partial charge in [-0.2, -0.15) is 0 Å². The minimum Gasteiger partial charge on any atom is -0.145 e. The van der Waals surface area contributed by atoms with Gasteiger partial charge in [-0.25, -0.2) is 0 Å². The average Bonchev–Trinajstić information content (AvgIpc) is 2.49. The Labute approximate surface area is 117 Å². The minimum absolute atomic E-state index is 0.314. The summed E-state index contributed by atoms with van der Waals surface area (Å²) in [5, 5.41) is 0. The number of hydrogen-bond acceptors (Lipinski definition) is 1. The highest BCUT2D eigenvalue weighted by molar-refractivity contribution is 7.12. The second kappa shape index (κ2) is 4.67. The molecule has 0 aromatic carbocycles. The first-order chi connectivity index (χ1) is 8.18. The van der Waals surface area contributed by atoms with Crippen LogP contribution in [0.2, 0.25) is 0 Å². The van der Waals surface area contributed by atoms with Crippen LogP contribution in [0.15, 0.2) is 6.07 Å². The van der Waals surface area contributed by atoms with E-state index in [1.165, 1.54) is 25.7 Å². The Morgan fingerprint density at radius 3 is 2.33 bits per heavy atom. The molecule has 0 amide bonds. The van der Waals surface area contributed by atoms with Gasteiger partial charge in [-0.15, -0.1) is 11.3 Å². The largest absolute Gasteiger partial charge is 0.145 e. The van der Waals surface area contributed by atoms with Crippen molar-refractivity contribution < 1.29 is 0 Å². The molecule has 1 atom stereocenters. The Hall–Kier alpha value is -0.300. The van der Waals surface area contributed by atoms with Gasteiger partial charge in [0.2, 0.25) is 0 Å². The van der Waals surface area contributed by atoms with Crippen molar-refractivity contribution in [1.29, 1.82) is 0 Å². The van der Waals surface area contributed by atoms with Crippen LogP contribution in [0.25, 0.3) is 0 Å². The lowest BCUT2D eigenvalue weighted by Gasteiger charge is -2.29. The number of thiophene rings is 1. The molecule has 1 aromatic rings. The monoisotopic (exact) mass is 264 g/mol. The minimum atomic E-state index is 0.314. The van der Waals surface area contributed by atoms with Gasteiger partial charge in [-0.3, -0.25) is 0 Å². The molecule has 0 bridgehead atoms. The smallest absolute Gasteiger partial charge is 0.0105 e. The van der Waals surface area contributed by atoms with E-state index in [9.17, 15) is 0 Å². The Morgan fingerprint density at radius 2 is 1.78 bits per heavy atom. The molecule has 1 heterocycles. The predicted molar refractivity (Wildman–Crippen MR) is 82.6 cm³/mol. The Kier molecular flexibility index (Phi) is 3.66. The zero-order valence-corrected chi connectivity index (χ0v) is 13.7. The fourth-order valence-electron chi connectivity index (χ4n) is 2.82. The van der Waals surface area contributed by atoms with Crippen molar-refractivity contribution >= 4 is 11.3 Å². The van der Waals surface area contributed by atoms with Gasteiger partial charge < -0.3 is 0 Å². The summed E-state index contributed by atoms with van der Waals surface area (Å²) in [6.07, 6.45) is 5.37. The first-order valence-corrected chi connectivity index (χ1v) is 8.11. The van der Waals surface area contributed by atoms with E-state index in [0.29, 0.717) is 10.8 Å². The second-order valence-corrected chi connectivity index (χ2v) is 9.11. The quantitative estimate of drug-likeness (QED) is 0.536. The number of rotatable bonds is 0. The van der Waals surface area contributed by atoms with Crippen LogP contribution in [0.5, 0.6) is 0 Å². The molecule has 0 radical (unpaired) electrons. The van der Waals surface area contributed by atoms with E-state index >= 15 is 0 Å². The molecular weight excluding hydrogens is 236 g/mol. The molecule has 0 nitrogen and oxygen atoms in total. The summed E-state index contributed by atoms with van der Waals surface area (Å²) >= 11 is 2.08. The van der Waals surface area contributed by atoms with Gasteiger partial charge in [0.25, 0.3) is 0 Å². The lowest BCUT2D eigenvalue weighted by molar-refractivity contribution is 0.225. The normalized spacial score (nSPS) is 21.6. The van der Waals surface area contributed by atoms with Gasteiger partial charge >= 0.3 is 0 Å². The van der Waals surface area contributed by atoms with E-state index in [1.807, 2.05) is 0 Å². The highest BCUT2D eigenvalue weighted by atomic mass is 32.1. The van der Waals surface area contributed by atoms with E-state index in [0.717, 1.165) is 5.92 Å². The molecule has 1 heteroatoms. The van der Waals surface area contributed by atoms with Crippen LogP contribution in [0.4, 0.5) is 0 Å². The molecule has 0 saturated carbocycles. The van der Waals surface area contributed by atoms with Crippen LogP contribution in [-0.4, -0.2) is 0 Å². The highest BCUT2D eigenvalue weighted by Gasteiger charge is 2.29. The van der Waals surface area contributed by atoms with Crippen LogP contribution in [0.3, 0.4) is 0 Å². The highest BCUT2D eigenvalue weighted by Crippen LogP contribution is 2.41. The third kappa shape index (κ3) is 2.99. The molecule has 1 aromatic heterocycles. The van der Waals surface area contributed by atoms with Gasteiger partial charge in [-0.05, 0) is 54.1 Å². The molecule has 18 heavy (non-hydrogen) atoms. The van der Waals surface area contributed by atoms with E-state index < -0.39 is 0 Å². The van der Waals surface area contributed by atoms with Crippen molar-refractivity contribution in [2.24, 2.45) is 11.3 Å². The summed E-state index contributed by atoms with van der Waals surface area (Å²) in [6, 6.07) is 2.49. The zero-order chi connectivity index (χ0) is 13.6. The van der Waals surface area contributed by atoms with E-state index in [4.69, 9.17) is 0 Å². The van der Waals surface area contributed by atoms with E-state index in [1.54, 1.807) is 15.3 Å². The van der Waals surface area contributed by atoms with Gasteiger partial charge in [0.15, 0.2) is 0 Å². The first-order valence-electron chi connectivity index (χ1n) is 7.30. The third-order valence-corrected chi connectivity index (χ3v) is 5.92. The topological polar surface area (TPSA) is 0 Å². The standard InChI is InChI=1S/C17H28S/c1-16(2,3)13-9-7-8-12-10-15(17(4,5)6)18-14(12)11-13/h10,13H,7-9,11H2,1-6H3. The predicted octanol–water partition coefficient (Wildman–Crippen LogP) is 5.59. The summed E-state index contributed by atoms with van der Waals surface area (Å²) in [5.74, 6) is 0.852. The summed E-state index contributed by atoms with van der Waals surface area (Å²) in [5.41, 5.74) is 2.42. The zero-order valence-electron chi connectivity index (χ0n) is 12.9. The fourth-order valence-corrected chi connectivity index (χ4v) is 4.17. The molecule has 1 unspecified atom stereocenters. The van der Waals surface area contributed by atoms with E-state index in [2.05, 4.69) is 58.9 Å². The molecule has 2 rings (SSSR count). The summed E-state index contributed by atoms with van der Waals surface area (Å²) in [6.45, 7) is 14.2. The molecule has 0 N–H and O–H groups in total. The van der Waals surface area contributed by atoms with Crippen LogP contribution in [0, 0.1) is 11.3 Å². The van der Waals surface area contributed by atoms with Crippen molar-refractivity contribution in [2.45, 2.75) is 72.6 Å². The first kappa shape index (κ1) is 14.1. The lowest BCUT2D eigenvalue weighted by Crippen LogP contribution is -2.21. The molecule has 0 saturated heterocycles. The maximum atomic E-state index is 2.49.